The van der Waals surface area contributed by atoms with Crippen LogP contribution in [0.3, 0.4) is 0 Å². The number of piperidine rings is 1. The maximum Gasteiger partial charge on any atom is 0.147 e. The normalized spacial score (nSPS) is 14.7. The maximum atomic E-state index is 5.62. The number of anilines is 1. The van der Waals surface area contributed by atoms with E-state index in [1.54, 1.807) is 0 Å². The molecule has 0 spiro atoms. The average molecular weight is 333 g/mol. The molecule has 0 atom stereocenters. The quantitative estimate of drug-likeness (QED) is 0.694. The van der Waals surface area contributed by atoms with E-state index in [-0.39, 0.29) is 0 Å². The smallest absolute Gasteiger partial charge is 0.147 e. The monoisotopic (exact) mass is 333 g/mol. The van der Waals surface area contributed by atoms with Gasteiger partial charge in [-0.15, -0.1) is 0 Å². The first kappa shape index (κ1) is 15.9. The molecule has 0 saturated carbocycles. The Balaban J connectivity index is 1.69. The molecule has 0 bridgehead atoms. The Labute approximate surface area is 148 Å². The van der Waals surface area contributed by atoms with Crippen LogP contribution in [0.1, 0.15) is 26.2 Å². The highest BCUT2D eigenvalue weighted by atomic mass is 16.5. The first-order chi connectivity index (χ1) is 12.3. The standard InChI is InChI=1S/C21H23N3O/c1-2-25-18-8-6-7-16(13-18)17-9-10-19-20(14-17)23-21(15-22-19)24-11-4-3-5-12-24/h6-10,13-15H,2-5,11-12H2,1H3. The molecule has 4 nitrogen and oxygen atoms in total. The summed E-state index contributed by atoms with van der Waals surface area (Å²) in [5.41, 5.74) is 4.16. The molecule has 1 saturated heterocycles. The van der Waals surface area contributed by atoms with Gasteiger partial charge in [-0.3, -0.25) is 4.98 Å². The predicted octanol–water partition coefficient (Wildman–Crippen LogP) is 4.69. The van der Waals surface area contributed by atoms with E-state index in [2.05, 4.69) is 34.1 Å². The predicted molar refractivity (Wildman–Crippen MR) is 102 cm³/mol. The minimum absolute atomic E-state index is 0.672. The fraction of sp³-hybridized carbons (Fsp3) is 0.333. The summed E-state index contributed by atoms with van der Waals surface area (Å²) < 4.78 is 5.62. The van der Waals surface area contributed by atoms with Crippen LogP contribution < -0.4 is 9.64 Å². The van der Waals surface area contributed by atoms with Gasteiger partial charge in [-0.2, -0.15) is 0 Å². The molecule has 0 aliphatic carbocycles. The van der Waals surface area contributed by atoms with Crippen LogP contribution in [0.4, 0.5) is 5.82 Å². The fourth-order valence-corrected chi connectivity index (χ4v) is 3.39. The molecule has 2 heterocycles. The average Bonchev–Trinajstić information content (AvgIpc) is 2.68. The molecular weight excluding hydrogens is 310 g/mol. The second-order valence-corrected chi connectivity index (χ2v) is 6.44. The van der Waals surface area contributed by atoms with Crippen LogP contribution in [0.5, 0.6) is 5.75 Å². The van der Waals surface area contributed by atoms with Gasteiger partial charge in [-0.05, 0) is 61.6 Å². The molecule has 2 aromatic carbocycles. The van der Waals surface area contributed by atoms with Gasteiger partial charge in [-0.25, -0.2) is 4.98 Å². The van der Waals surface area contributed by atoms with Crippen molar-refractivity contribution in [1.29, 1.82) is 0 Å². The largest absolute Gasteiger partial charge is 0.494 e. The van der Waals surface area contributed by atoms with Gasteiger partial charge in [0.15, 0.2) is 0 Å². The molecule has 1 aromatic heterocycles. The molecule has 4 rings (SSSR count). The summed E-state index contributed by atoms with van der Waals surface area (Å²) in [6.45, 7) is 4.83. The number of aromatic nitrogens is 2. The van der Waals surface area contributed by atoms with E-state index in [1.165, 1.54) is 19.3 Å². The van der Waals surface area contributed by atoms with Gasteiger partial charge in [0, 0.05) is 13.1 Å². The molecule has 0 unspecified atom stereocenters. The highest BCUT2D eigenvalue weighted by Crippen LogP contribution is 2.27. The zero-order valence-corrected chi connectivity index (χ0v) is 14.6. The highest BCUT2D eigenvalue weighted by Gasteiger charge is 2.13. The third-order valence-electron chi connectivity index (χ3n) is 4.69. The van der Waals surface area contributed by atoms with E-state index in [9.17, 15) is 0 Å². The van der Waals surface area contributed by atoms with Gasteiger partial charge in [-0.1, -0.05) is 18.2 Å². The lowest BCUT2D eigenvalue weighted by Gasteiger charge is -2.27. The first-order valence-electron chi connectivity index (χ1n) is 9.08. The van der Waals surface area contributed by atoms with Crippen LogP contribution in [0.15, 0.2) is 48.7 Å². The van der Waals surface area contributed by atoms with Gasteiger partial charge < -0.3 is 9.64 Å². The number of hydrogen-bond donors (Lipinski definition) is 0. The zero-order chi connectivity index (χ0) is 17.1. The Morgan fingerprint density at radius 2 is 1.80 bits per heavy atom. The highest BCUT2D eigenvalue weighted by molar-refractivity contribution is 5.82. The van der Waals surface area contributed by atoms with Crippen LogP contribution in [-0.2, 0) is 0 Å². The van der Waals surface area contributed by atoms with Crippen LogP contribution in [0, 0.1) is 0 Å². The first-order valence-corrected chi connectivity index (χ1v) is 9.08. The summed E-state index contributed by atoms with van der Waals surface area (Å²) in [7, 11) is 0. The zero-order valence-electron chi connectivity index (χ0n) is 14.6. The topological polar surface area (TPSA) is 38.2 Å². The third-order valence-corrected chi connectivity index (χ3v) is 4.69. The van der Waals surface area contributed by atoms with Crippen molar-refractivity contribution < 1.29 is 4.74 Å². The van der Waals surface area contributed by atoms with Crippen LogP contribution in [0.25, 0.3) is 22.2 Å². The Morgan fingerprint density at radius 1 is 0.960 bits per heavy atom. The van der Waals surface area contributed by atoms with Crippen LogP contribution >= 0.6 is 0 Å². The molecule has 4 heteroatoms. The van der Waals surface area contributed by atoms with Crippen LogP contribution in [0.2, 0.25) is 0 Å². The van der Waals surface area contributed by atoms with Crippen molar-refractivity contribution in [2.75, 3.05) is 24.6 Å². The van der Waals surface area contributed by atoms with Crippen molar-refractivity contribution in [3.63, 3.8) is 0 Å². The summed E-state index contributed by atoms with van der Waals surface area (Å²) in [5, 5.41) is 0. The molecule has 0 amide bonds. The van der Waals surface area contributed by atoms with E-state index in [1.807, 2.05) is 31.3 Å². The lowest BCUT2D eigenvalue weighted by Crippen LogP contribution is -2.30. The molecular formula is C21H23N3O. The summed E-state index contributed by atoms with van der Waals surface area (Å²) in [4.78, 5) is 11.8. The lowest BCUT2D eigenvalue weighted by atomic mass is 10.0. The number of nitrogens with zero attached hydrogens (tertiary/aromatic N) is 3. The van der Waals surface area contributed by atoms with Crippen molar-refractivity contribution in [3.8, 4) is 16.9 Å². The Kier molecular flexibility index (Phi) is 4.51. The van der Waals surface area contributed by atoms with Crippen molar-refractivity contribution in [2.45, 2.75) is 26.2 Å². The second kappa shape index (κ2) is 7.09. The molecule has 1 aliphatic rings. The van der Waals surface area contributed by atoms with E-state index in [0.717, 1.165) is 46.8 Å². The van der Waals surface area contributed by atoms with Gasteiger partial charge in [0.25, 0.3) is 0 Å². The minimum Gasteiger partial charge on any atom is -0.494 e. The van der Waals surface area contributed by atoms with Gasteiger partial charge in [0.2, 0.25) is 0 Å². The third kappa shape index (κ3) is 3.43. The molecule has 25 heavy (non-hydrogen) atoms. The fourth-order valence-electron chi connectivity index (χ4n) is 3.39. The second-order valence-electron chi connectivity index (χ2n) is 6.44. The summed E-state index contributed by atoms with van der Waals surface area (Å²) >= 11 is 0. The summed E-state index contributed by atoms with van der Waals surface area (Å²) in [5.74, 6) is 1.89. The molecule has 1 aliphatic heterocycles. The Hall–Kier alpha value is -2.62. The summed E-state index contributed by atoms with van der Waals surface area (Å²) in [6, 6.07) is 14.5. The molecule has 0 N–H and O–H groups in total. The molecule has 0 radical (unpaired) electrons. The van der Waals surface area contributed by atoms with Gasteiger partial charge in [0.1, 0.15) is 11.6 Å². The van der Waals surface area contributed by atoms with Crippen molar-refractivity contribution >= 4 is 16.9 Å². The van der Waals surface area contributed by atoms with Gasteiger partial charge >= 0.3 is 0 Å². The Bertz CT molecular complexity index is 872. The number of rotatable bonds is 4. The lowest BCUT2D eigenvalue weighted by molar-refractivity contribution is 0.340. The van der Waals surface area contributed by atoms with Crippen molar-refractivity contribution in [2.24, 2.45) is 0 Å². The number of fused-ring (bicyclic) bond motifs is 1. The molecule has 3 aromatic rings. The minimum atomic E-state index is 0.672. The van der Waals surface area contributed by atoms with E-state index < -0.39 is 0 Å². The van der Waals surface area contributed by atoms with Gasteiger partial charge in [0.05, 0.1) is 23.8 Å². The number of hydrogen-bond acceptors (Lipinski definition) is 4. The van der Waals surface area contributed by atoms with E-state index >= 15 is 0 Å². The van der Waals surface area contributed by atoms with E-state index in [4.69, 9.17) is 9.72 Å². The SMILES string of the molecule is CCOc1cccc(-c2ccc3ncc(N4CCCCC4)nc3c2)c1. The number of benzene rings is 2. The van der Waals surface area contributed by atoms with Crippen molar-refractivity contribution in [3.05, 3.63) is 48.7 Å². The van der Waals surface area contributed by atoms with Crippen LogP contribution in [-0.4, -0.2) is 29.7 Å². The van der Waals surface area contributed by atoms with E-state index in [0.29, 0.717) is 6.61 Å². The van der Waals surface area contributed by atoms with Crippen molar-refractivity contribution in [1.82, 2.24) is 9.97 Å². The molecule has 128 valence electrons. The maximum absolute atomic E-state index is 5.62. The molecule has 1 fully saturated rings. The Morgan fingerprint density at radius 3 is 2.64 bits per heavy atom. The number of ether oxygens (including phenoxy) is 1. The summed E-state index contributed by atoms with van der Waals surface area (Å²) in [6.07, 6.45) is 5.70.